The molecule has 0 spiro atoms. The molecule has 2 heterocycles. The smallest absolute Gasteiger partial charge is 0.224 e. The molecule has 0 unspecified atom stereocenters. The Bertz CT molecular complexity index is 762. The Kier molecular flexibility index (Phi) is 3.72. The van der Waals surface area contributed by atoms with Crippen LogP contribution < -0.4 is 4.74 Å². The van der Waals surface area contributed by atoms with Gasteiger partial charge < -0.3 is 4.74 Å². The molecule has 0 saturated heterocycles. The molecule has 0 aliphatic heterocycles. The van der Waals surface area contributed by atoms with Gasteiger partial charge in [-0.3, -0.25) is 4.98 Å². The summed E-state index contributed by atoms with van der Waals surface area (Å²) < 4.78 is 5.75. The van der Waals surface area contributed by atoms with Crippen LogP contribution in [0.2, 0.25) is 5.02 Å². The van der Waals surface area contributed by atoms with Gasteiger partial charge in [0, 0.05) is 23.2 Å². The van der Waals surface area contributed by atoms with Gasteiger partial charge in [-0.2, -0.15) is 0 Å². The van der Waals surface area contributed by atoms with Crippen molar-refractivity contribution in [2.45, 2.75) is 5.88 Å². The van der Waals surface area contributed by atoms with E-state index in [9.17, 15) is 0 Å². The lowest BCUT2D eigenvalue weighted by Gasteiger charge is -2.10. The normalized spacial score (nSPS) is 10.7. The van der Waals surface area contributed by atoms with E-state index < -0.39 is 0 Å². The van der Waals surface area contributed by atoms with Gasteiger partial charge in [-0.15, -0.1) is 11.6 Å². The Balaban J connectivity index is 2.05. The van der Waals surface area contributed by atoms with Crippen molar-refractivity contribution in [2.24, 2.45) is 0 Å². The third-order valence-electron chi connectivity index (χ3n) is 2.80. The van der Waals surface area contributed by atoms with E-state index in [4.69, 9.17) is 27.9 Å². The van der Waals surface area contributed by atoms with E-state index in [-0.39, 0.29) is 0 Å². The van der Waals surface area contributed by atoms with E-state index in [1.807, 2.05) is 30.3 Å². The summed E-state index contributed by atoms with van der Waals surface area (Å²) in [5, 5.41) is 1.54. The summed E-state index contributed by atoms with van der Waals surface area (Å²) in [4.78, 5) is 8.47. The van der Waals surface area contributed by atoms with Crippen molar-refractivity contribution in [1.82, 2.24) is 9.97 Å². The fourth-order valence-electron chi connectivity index (χ4n) is 1.89. The molecule has 3 rings (SSSR count). The zero-order valence-corrected chi connectivity index (χ0v) is 11.9. The summed E-state index contributed by atoms with van der Waals surface area (Å²) in [6, 6.07) is 11.5. The van der Waals surface area contributed by atoms with Crippen molar-refractivity contribution in [1.29, 1.82) is 0 Å². The molecule has 0 N–H and O–H groups in total. The highest BCUT2D eigenvalue weighted by atomic mass is 35.5. The predicted octanol–water partition coefficient (Wildman–Crippen LogP) is 4.81. The van der Waals surface area contributed by atoms with E-state index in [0.717, 1.165) is 16.5 Å². The summed E-state index contributed by atoms with van der Waals surface area (Å²) in [6.07, 6.45) is 3.13. The number of halogens is 2. The molecule has 0 aliphatic rings. The van der Waals surface area contributed by atoms with Crippen LogP contribution in [0.15, 0.2) is 48.8 Å². The van der Waals surface area contributed by atoms with Crippen LogP contribution in [-0.4, -0.2) is 9.97 Å². The number of fused-ring (bicyclic) bond motifs is 1. The lowest BCUT2D eigenvalue weighted by molar-refractivity contribution is 0.458. The van der Waals surface area contributed by atoms with Crippen LogP contribution in [0.3, 0.4) is 0 Å². The summed E-state index contributed by atoms with van der Waals surface area (Å²) in [5.41, 5.74) is 1.68. The molecule has 0 aliphatic carbocycles. The molecule has 0 amide bonds. The maximum Gasteiger partial charge on any atom is 0.224 e. The standard InChI is InChI=1S/C15H10Cl2N2O/c16-7-11-5-10-3-1-2-4-14(10)19-15(11)20-13-6-12(17)8-18-9-13/h1-6,8-9H,7H2. The SMILES string of the molecule is ClCc1cc2ccccc2nc1Oc1cncc(Cl)c1. The van der Waals surface area contributed by atoms with Crippen LogP contribution >= 0.6 is 23.2 Å². The number of aromatic nitrogens is 2. The van der Waals surface area contributed by atoms with Crippen LogP contribution in [0.1, 0.15) is 5.56 Å². The minimum atomic E-state index is 0.321. The zero-order chi connectivity index (χ0) is 13.9. The van der Waals surface area contributed by atoms with E-state index >= 15 is 0 Å². The Labute approximate surface area is 126 Å². The van der Waals surface area contributed by atoms with Gasteiger partial charge in [-0.25, -0.2) is 4.98 Å². The molecule has 100 valence electrons. The molecule has 3 nitrogen and oxygen atoms in total. The fourth-order valence-corrected chi connectivity index (χ4v) is 2.24. The summed E-state index contributed by atoms with van der Waals surface area (Å²) in [5.74, 6) is 1.33. The largest absolute Gasteiger partial charge is 0.437 e. The Morgan fingerprint density at radius 3 is 2.75 bits per heavy atom. The maximum absolute atomic E-state index is 5.97. The second-order valence-electron chi connectivity index (χ2n) is 4.22. The van der Waals surface area contributed by atoms with E-state index in [1.165, 1.54) is 0 Å². The third-order valence-corrected chi connectivity index (χ3v) is 3.30. The lowest BCUT2D eigenvalue weighted by Crippen LogP contribution is -1.94. The zero-order valence-electron chi connectivity index (χ0n) is 10.4. The molecule has 20 heavy (non-hydrogen) atoms. The van der Waals surface area contributed by atoms with Gasteiger partial charge in [0.1, 0.15) is 5.75 Å². The van der Waals surface area contributed by atoms with Gasteiger partial charge in [0.25, 0.3) is 0 Å². The lowest BCUT2D eigenvalue weighted by atomic mass is 10.2. The predicted molar refractivity (Wildman–Crippen MR) is 80.6 cm³/mol. The van der Waals surface area contributed by atoms with Crippen LogP contribution in [0.4, 0.5) is 0 Å². The second kappa shape index (κ2) is 5.65. The minimum absolute atomic E-state index is 0.321. The first-order valence-electron chi connectivity index (χ1n) is 5.99. The number of hydrogen-bond donors (Lipinski definition) is 0. The van der Waals surface area contributed by atoms with Gasteiger partial charge >= 0.3 is 0 Å². The van der Waals surface area contributed by atoms with Crippen LogP contribution in [0.5, 0.6) is 11.6 Å². The average Bonchev–Trinajstić information content (AvgIpc) is 2.46. The van der Waals surface area contributed by atoms with E-state index in [0.29, 0.717) is 22.5 Å². The number of benzene rings is 1. The summed E-state index contributed by atoms with van der Waals surface area (Å²) >= 11 is 11.9. The van der Waals surface area contributed by atoms with Gasteiger partial charge in [0.15, 0.2) is 0 Å². The van der Waals surface area contributed by atoms with Gasteiger partial charge in [0.2, 0.25) is 5.88 Å². The monoisotopic (exact) mass is 304 g/mol. The number of para-hydroxylation sites is 1. The first-order chi connectivity index (χ1) is 9.76. The average molecular weight is 305 g/mol. The van der Waals surface area contributed by atoms with Gasteiger partial charge in [-0.05, 0) is 12.1 Å². The van der Waals surface area contributed by atoms with Crippen LogP contribution in [-0.2, 0) is 5.88 Å². The van der Waals surface area contributed by atoms with Crippen molar-refractivity contribution in [3.05, 3.63) is 59.4 Å². The van der Waals surface area contributed by atoms with Crippen molar-refractivity contribution in [2.75, 3.05) is 0 Å². The number of ether oxygens (including phenoxy) is 1. The quantitative estimate of drug-likeness (QED) is 0.651. The number of hydrogen-bond acceptors (Lipinski definition) is 3. The Hall–Kier alpha value is -1.84. The molecule has 5 heteroatoms. The first-order valence-corrected chi connectivity index (χ1v) is 6.90. The van der Waals surface area contributed by atoms with Gasteiger partial charge in [-0.1, -0.05) is 29.8 Å². The highest BCUT2D eigenvalue weighted by molar-refractivity contribution is 6.30. The maximum atomic E-state index is 5.97. The molecule has 0 radical (unpaired) electrons. The fraction of sp³-hybridized carbons (Fsp3) is 0.0667. The van der Waals surface area contributed by atoms with Crippen LogP contribution in [0.25, 0.3) is 10.9 Å². The second-order valence-corrected chi connectivity index (χ2v) is 4.92. The molecule has 0 atom stereocenters. The molecule has 3 aromatic rings. The molecule has 0 bridgehead atoms. The Morgan fingerprint density at radius 2 is 1.95 bits per heavy atom. The topological polar surface area (TPSA) is 35.0 Å². The number of rotatable bonds is 3. The summed E-state index contributed by atoms with van der Waals surface area (Å²) in [6.45, 7) is 0. The molecular weight excluding hydrogens is 295 g/mol. The van der Waals surface area contributed by atoms with Crippen molar-refractivity contribution in [3.63, 3.8) is 0 Å². The van der Waals surface area contributed by atoms with E-state index in [2.05, 4.69) is 9.97 Å². The van der Waals surface area contributed by atoms with Crippen LogP contribution in [0, 0.1) is 0 Å². The highest BCUT2D eigenvalue weighted by Gasteiger charge is 2.09. The molecule has 0 fully saturated rings. The third kappa shape index (κ3) is 2.69. The van der Waals surface area contributed by atoms with Crippen molar-refractivity contribution < 1.29 is 4.74 Å². The van der Waals surface area contributed by atoms with Crippen molar-refractivity contribution in [3.8, 4) is 11.6 Å². The number of pyridine rings is 2. The highest BCUT2D eigenvalue weighted by Crippen LogP contribution is 2.28. The molecular formula is C15H10Cl2N2O. The molecule has 1 aromatic carbocycles. The molecule has 2 aromatic heterocycles. The van der Waals surface area contributed by atoms with E-state index in [1.54, 1.807) is 18.5 Å². The minimum Gasteiger partial charge on any atom is -0.437 e. The van der Waals surface area contributed by atoms with Gasteiger partial charge in [0.05, 0.1) is 22.6 Å². The summed E-state index contributed by atoms with van der Waals surface area (Å²) in [7, 11) is 0. The number of alkyl halides is 1. The number of nitrogens with zero attached hydrogens (tertiary/aromatic N) is 2. The first kappa shape index (κ1) is 13.2. The van der Waals surface area contributed by atoms with Crippen molar-refractivity contribution >= 4 is 34.1 Å². The molecule has 0 saturated carbocycles. The Morgan fingerprint density at radius 1 is 1.10 bits per heavy atom.